The number of aromatic amines is 1. The lowest BCUT2D eigenvalue weighted by atomic mass is 10.0. The third-order valence-electron chi connectivity index (χ3n) is 3.51. The van der Waals surface area contributed by atoms with Crippen LogP contribution in [0.4, 0.5) is 0 Å². The summed E-state index contributed by atoms with van der Waals surface area (Å²) in [5, 5.41) is 12.0. The highest BCUT2D eigenvalue weighted by atomic mass is 16.3. The van der Waals surface area contributed by atoms with Crippen LogP contribution in [0.25, 0.3) is 0 Å². The molecule has 0 radical (unpaired) electrons. The number of nitrogens with one attached hydrogen (secondary N) is 2. The molecule has 0 aromatic carbocycles. The molecule has 0 aliphatic heterocycles. The molecule has 2 unspecified atom stereocenters. The molecule has 0 bridgehead atoms. The summed E-state index contributed by atoms with van der Waals surface area (Å²) < 4.78 is 0. The van der Waals surface area contributed by atoms with Crippen LogP contribution < -0.4 is 10.9 Å². The second-order valence-corrected chi connectivity index (χ2v) is 4.84. The minimum Gasteiger partial charge on any atom is -0.396 e. The van der Waals surface area contributed by atoms with E-state index in [1.54, 1.807) is 13.0 Å². The van der Waals surface area contributed by atoms with E-state index in [1.165, 1.54) is 6.07 Å². The van der Waals surface area contributed by atoms with E-state index in [0.29, 0.717) is 0 Å². The zero-order chi connectivity index (χ0) is 13.1. The second kappa shape index (κ2) is 5.35. The molecule has 1 heterocycles. The predicted octanol–water partition coefficient (Wildman–Crippen LogP) is 0.574. The monoisotopic (exact) mass is 250 g/mol. The molecule has 1 amide bonds. The summed E-state index contributed by atoms with van der Waals surface area (Å²) in [6.07, 6.45) is 2.78. The summed E-state index contributed by atoms with van der Waals surface area (Å²) in [7, 11) is 0. The number of aromatic nitrogens is 1. The maximum Gasteiger partial charge on any atom is 0.260 e. The van der Waals surface area contributed by atoms with Crippen LogP contribution >= 0.6 is 0 Å². The SMILES string of the molecule is Cc1ccc(C(=O)NC2CCCC2CO)c(=O)[nH]1. The molecule has 1 saturated carbocycles. The van der Waals surface area contributed by atoms with E-state index in [1.807, 2.05) is 0 Å². The standard InChI is InChI=1S/C13H18N2O3/c1-8-5-6-10(12(17)14-8)13(18)15-11-4-2-3-9(11)7-16/h5-6,9,11,16H,2-4,7H2,1H3,(H,14,17)(H,15,18). The van der Waals surface area contributed by atoms with Crippen molar-refractivity contribution in [3.63, 3.8) is 0 Å². The first-order valence-corrected chi connectivity index (χ1v) is 6.23. The molecule has 5 heteroatoms. The fraction of sp³-hybridized carbons (Fsp3) is 0.538. The molecule has 18 heavy (non-hydrogen) atoms. The highest BCUT2D eigenvalue weighted by Crippen LogP contribution is 2.25. The molecule has 1 aliphatic carbocycles. The van der Waals surface area contributed by atoms with Gasteiger partial charge in [-0.3, -0.25) is 9.59 Å². The predicted molar refractivity (Wildman–Crippen MR) is 67.5 cm³/mol. The lowest BCUT2D eigenvalue weighted by Crippen LogP contribution is -2.40. The average molecular weight is 250 g/mol. The first-order chi connectivity index (χ1) is 8.61. The Balaban J connectivity index is 2.10. The zero-order valence-electron chi connectivity index (χ0n) is 10.4. The lowest BCUT2D eigenvalue weighted by molar-refractivity contribution is 0.0914. The number of carbonyl (C=O) groups excluding carboxylic acids is 1. The number of carbonyl (C=O) groups is 1. The Bertz CT molecular complexity index is 495. The van der Waals surface area contributed by atoms with E-state index in [2.05, 4.69) is 10.3 Å². The highest BCUT2D eigenvalue weighted by Gasteiger charge is 2.28. The molecule has 5 nitrogen and oxygen atoms in total. The van der Waals surface area contributed by atoms with Gasteiger partial charge in [0.2, 0.25) is 0 Å². The van der Waals surface area contributed by atoms with Crippen molar-refractivity contribution in [2.24, 2.45) is 5.92 Å². The molecule has 2 rings (SSSR count). The van der Waals surface area contributed by atoms with Crippen molar-refractivity contribution in [2.45, 2.75) is 32.2 Å². The number of pyridine rings is 1. The van der Waals surface area contributed by atoms with E-state index in [0.717, 1.165) is 25.0 Å². The van der Waals surface area contributed by atoms with Crippen molar-refractivity contribution < 1.29 is 9.90 Å². The third-order valence-corrected chi connectivity index (χ3v) is 3.51. The molecular weight excluding hydrogens is 232 g/mol. The zero-order valence-corrected chi connectivity index (χ0v) is 10.4. The Morgan fingerprint density at radius 1 is 1.50 bits per heavy atom. The van der Waals surface area contributed by atoms with Crippen LogP contribution in [0.5, 0.6) is 0 Å². The van der Waals surface area contributed by atoms with Gasteiger partial charge in [0, 0.05) is 24.3 Å². The largest absolute Gasteiger partial charge is 0.396 e. The Kier molecular flexibility index (Phi) is 3.81. The molecule has 2 atom stereocenters. The summed E-state index contributed by atoms with van der Waals surface area (Å²) in [5.74, 6) is -0.250. The summed E-state index contributed by atoms with van der Waals surface area (Å²) in [4.78, 5) is 26.2. The van der Waals surface area contributed by atoms with Crippen LogP contribution in [0, 0.1) is 12.8 Å². The highest BCUT2D eigenvalue weighted by molar-refractivity contribution is 5.94. The van der Waals surface area contributed by atoms with Gasteiger partial charge in [-0.1, -0.05) is 6.42 Å². The van der Waals surface area contributed by atoms with Gasteiger partial charge in [0.15, 0.2) is 0 Å². The maximum atomic E-state index is 12.0. The maximum absolute atomic E-state index is 12.0. The van der Waals surface area contributed by atoms with Crippen molar-refractivity contribution in [2.75, 3.05) is 6.61 Å². The normalized spacial score (nSPS) is 23.0. The number of hydrogen-bond acceptors (Lipinski definition) is 3. The number of H-pyrrole nitrogens is 1. The van der Waals surface area contributed by atoms with E-state index in [4.69, 9.17) is 0 Å². The minimum atomic E-state index is -0.369. The van der Waals surface area contributed by atoms with Crippen LogP contribution in [0.1, 0.15) is 35.3 Å². The lowest BCUT2D eigenvalue weighted by Gasteiger charge is -2.18. The van der Waals surface area contributed by atoms with Crippen LogP contribution in [0.2, 0.25) is 0 Å². The Hall–Kier alpha value is -1.62. The number of aliphatic hydroxyl groups excluding tert-OH is 1. The number of aryl methyl sites for hydroxylation is 1. The number of aliphatic hydroxyl groups is 1. The summed E-state index contributed by atoms with van der Waals surface area (Å²) in [6.45, 7) is 1.84. The van der Waals surface area contributed by atoms with Gasteiger partial charge in [0.1, 0.15) is 5.56 Å². The quantitative estimate of drug-likeness (QED) is 0.733. The molecule has 3 N–H and O–H groups in total. The first kappa shape index (κ1) is 12.8. The molecule has 1 aromatic heterocycles. The molecular formula is C13H18N2O3. The van der Waals surface area contributed by atoms with Gasteiger partial charge in [-0.25, -0.2) is 0 Å². The van der Waals surface area contributed by atoms with Crippen molar-refractivity contribution in [1.82, 2.24) is 10.3 Å². The molecule has 0 saturated heterocycles. The van der Waals surface area contributed by atoms with Crippen molar-refractivity contribution in [1.29, 1.82) is 0 Å². The fourth-order valence-electron chi connectivity index (χ4n) is 2.44. The van der Waals surface area contributed by atoms with Gasteiger partial charge in [0.05, 0.1) is 0 Å². The van der Waals surface area contributed by atoms with E-state index in [9.17, 15) is 14.7 Å². The van der Waals surface area contributed by atoms with Gasteiger partial charge < -0.3 is 15.4 Å². The number of rotatable bonds is 3. The number of hydrogen-bond donors (Lipinski definition) is 3. The summed E-state index contributed by atoms with van der Waals surface area (Å²) in [5.41, 5.74) is 0.487. The Morgan fingerprint density at radius 2 is 2.28 bits per heavy atom. The average Bonchev–Trinajstić information content (AvgIpc) is 2.76. The summed E-state index contributed by atoms with van der Waals surface area (Å²) >= 11 is 0. The fourth-order valence-corrected chi connectivity index (χ4v) is 2.44. The van der Waals surface area contributed by atoms with Gasteiger partial charge in [0.25, 0.3) is 11.5 Å². The van der Waals surface area contributed by atoms with Gasteiger partial charge >= 0.3 is 0 Å². The van der Waals surface area contributed by atoms with E-state index < -0.39 is 0 Å². The third kappa shape index (κ3) is 2.61. The second-order valence-electron chi connectivity index (χ2n) is 4.84. The van der Waals surface area contributed by atoms with Gasteiger partial charge in [-0.15, -0.1) is 0 Å². The van der Waals surface area contributed by atoms with E-state index >= 15 is 0 Å². The molecule has 98 valence electrons. The Labute approximate surface area is 105 Å². The van der Waals surface area contributed by atoms with Crippen LogP contribution in [0.15, 0.2) is 16.9 Å². The molecule has 1 aliphatic rings. The Morgan fingerprint density at radius 3 is 2.94 bits per heavy atom. The molecule has 1 aromatic rings. The van der Waals surface area contributed by atoms with Crippen LogP contribution in [-0.2, 0) is 0 Å². The smallest absolute Gasteiger partial charge is 0.260 e. The number of amides is 1. The van der Waals surface area contributed by atoms with Crippen molar-refractivity contribution in [3.05, 3.63) is 33.7 Å². The molecule has 0 spiro atoms. The van der Waals surface area contributed by atoms with Crippen molar-refractivity contribution >= 4 is 5.91 Å². The van der Waals surface area contributed by atoms with Crippen molar-refractivity contribution in [3.8, 4) is 0 Å². The first-order valence-electron chi connectivity index (χ1n) is 6.23. The molecule has 1 fully saturated rings. The van der Waals surface area contributed by atoms with Crippen LogP contribution in [0.3, 0.4) is 0 Å². The van der Waals surface area contributed by atoms with E-state index in [-0.39, 0.29) is 35.6 Å². The van der Waals surface area contributed by atoms with Gasteiger partial charge in [-0.2, -0.15) is 0 Å². The minimum absolute atomic E-state index is 0.0248. The van der Waals surface area contributed by atoms with Crippen LogP contribution in [-0.4, -0.2) is 28.6 Å². The van der Waals surface area contributed by atoms with Gasteiger partial charge in [-0.05, 0) is 31.9 Å². The summed E-state index contributed by atoms with van der Waals surface area (Å²) in [6, 6.07) is 3.21. The topological polar surface area (TPSA) is 82.2 Å².